The van der Waals surface area contributed by atoms with Crippen molar-refractivity contribution in [2.45, 2.75) is 33.3 Å². The van der Waals surface area contributed by atoms with Crippen molar-refractivity contribution in [2.75, 3.05) is 0 Å². The van der Waals surface area contributed by atoms with Gasteiger partial charge in [0.1, 0.15) is 0 Å². The van der Waals surface area contributed by atoms with Crippen LogP contribution in [-0.4, -0.2) is 10.1 Å². The zero-order valence-corrected chi connectivity index (χ0v) is 11.7. The minimum Gasteiger partial charge on any atom is -0.386 e. The van der Waals surface area contributed by atoms with Crippen LogP contribution in [0.4, 0.5) is 0 Å². The van der Waals surface area contributed by atoms with Crippen molar-refractivity contribution in [1.29, 1.82) is 0 Å². The van der Waals surface area contributed by atoms with Crippen molar-refractivity contribution >= 4 is 0 Å². The molecule has 0 saturated heterocycles. The van der Waals surface area contributed by atoms with Crippen LogP contribution in [0.25, 0.3) is 11.1 Å². The summed E-state index contributed by atoms with van der Waals surface area (Å²) >= 11 is 0. The molecule has 2 N–H and O–H groups in total. The molecule has 0 spiro atoms. The molecule has 19 heavy (non-hydrogen) atoms. The van der Waals surface area contributed by atoms with Crippen LogP contribution in [0.5, 0.6) is 0 Å². The van der Waals surface area contributed by atoms with Gasteiger partial charge in [0.15, 0.2) is 0 Å². The van der Waals surface area contributed by atoms with Gasteiger partial charge in [-0.25, -0.2) is 0 Å². The third-order valence-electron chi connectivity index (χ3n) is 3.32. The average Bonchev–Trinajstić information content (AvgIpc) is 2.28. The SMILES string of the molecule is Cc1cccc(C(C)(C)O)c1-c1ccc(=O)[nH]c1C. The minimum absolute atomic E-state index is 0.111. The summed E-state index contributed by atoms with van der Waals surface area (Å²) in [6.45, 7) is 7.42. The number of aliphatic hydroxyl groups is 1. The van der Waals surface area contributed by atoms with Gasteiger partial charge in [0.05, 0.1) is 5.60 Å². The van der Waals surface area contributed by atoms with E-state index in [1.54, 1.807) is 13.8 Å². The molecule has 0 atom stereocenters. The highest BCUT2D eigenvalue weighted by atomic mass is 16.3. The largest absolute Gasteiger partial charge is 0.386 e. The number of nitrogens with one attached hydrogen (secondary N) is 1. The van der Waals surface area contributed by atoms with Crippen LogP contribution in [0, 0.1) is 13.8 Å². The Morgan fingerprint density at radius 3 is 2.37 bits per heavy atom. The third-order valence-corrected chi connectivity index (χ3v) is 3.32. The number of rotatable bonds is 2. The van der Waals surface area contributed by atoms with E-state index in [2.05, 4.69) is 4.98 Å². The Morgan fingerprint density at radius 2 is 1.79 bits per heavy atom. The quantitative estimate of drug-likeness (QED) is 0.869. The highest BCUT2D eigenvalue weighted by molar-refractivity contribution is 5.73. The van der Waals surface area contributed by atoms with E-state index in [4.69, 9.17) is 0 Å². The number of hydrogen-bond acceptors (Lipinski definition) is 2. The smallest absolute Gasteiger partial charge is 0.248 e. The molecule has 0 radical (unpaired) electrons. The molecule has 0 aliphatic carbocycles. The fourth-order valence-corrected chi connectivity index (χ4v) is 2.38. The van der Waals surface area contributed by atoms with Crippen LogP contribution in [0.15, 0.2) is 35.1 Å². The number of pyridine rings is 1. The van der Waals surface area contributed by atoms with Crippen LogP contribution < -0.4 is 5.56 Å². The number of hydrogen-bond donors (Lipinski definition) is 2. The summed E-state index contributed by atoms with van der Waals surface area (Å²) in [6.07, 6.45) is 0. The highest BCUT2D eigenvalue weighted by Crippen LogP contribution is 2.34. The van der Waals surface area contributed by atoms with Gasteiger partial charge >= 0.3 is 0 Å². The average molecular weight is 257 g/mol. The van der Waals surface area contributed by atoms with Crippen molar-refractivity contribution in [1.82, 2.24) is 4.98 Å². The first-order chi connectivity index (χ1) is 8.80. The van der Waals surface area contributed by atoms with E-state index < -0.39 is 5.60 Å². The molecule has 0 fully saturated rings. The molecular formula is C16H19NO2. The highest BCUT2D eigenvalue weighted by Gasteiger charge is 2.22. The second-order valence-electron chi connectivity index (χ2n) is 5.42. The fourth-order valence-electron chi connectivity index (χ4n) is 2.38. The maximum Gasteiger partial charge on any atom is 0.248 e. The molecule has 1 aromatic heterocycles. The van der Waals surface area contributed by atoms with Crippen LogP contribution in [0.1, 0.15) is 30.7 Å². The summed E-state index contributed by atoms with van der Waals surface area (Å²) in [5.41, 5.74) is 3.66. The number of benzene rings is 1. The molecule has 3 nitrogen and oxygen atoms in total. The lowest BCUT2D eigenvalue weighted by Crippen LogP contribution is -2.18. The number of aromatic amines is 1. The maximum absolute atomic E-state index is 11.3. The Hall–Kier alpha value is -1.87. The van der Waals surface area contributed by atoms with E-state index in [0.29, 0.717) is 0 Å². The van der Waals surface area contributed by atoms with Gasteiger partial charge in [-0.2, -0.15) is 0 Å². The summed E-state index contributed by atoms with van der Waals surface area (Å²) in [7, 11) is 0. The molecule has 0 aliphatic rings. The summed E-state index contributed by atoms with van der Waals surface area (Å²) in [6, 6.07) is 9.20. The molecule has 3 heteroatoms. The molecule has 1 heterocycles. The standard InChI is InChI=1S/C16H19NO2/c1-10-6-5-7-13(16(3,4)19)15(10)12-8-9-14(18)17-11(12)2/h5-9,19H,1-4H3,(H,17,18). The normalized spacial score (nSPS) is 11.6. The molecular weight excluding hydrogens is 238 g/mol. The lowest BCUT2D eigenvalue weighted by Gasteiger charge is -2.24. The first-order valence-corrected chi connectivity index (χ1v) is 6.33. The van der Waals surface area contributed by atoms with Gasteiger partial charge < -0.3 is 10.1 Å². The lowest BCUT2D eigenvalue weighted by molar-refractivity contribution is 0.0791. The predicted octanol–water partition coefficient (Wildman–Crippen LogP) is 2.89. The zero-order valence-electron chi connectivity index (χ0n) is 11.7. The summed E-state index contributed by atoms with van der Waals surface area (Å²) in [5, 5.41) is 10.3. The van der Waals surface area contributed by atoms with Crippen LogP contribution in [0.2, 0.25) is 0 Å². The van der Waals surface area contributed by atoms with Crippen molar-refractivity contribution in [3.8, 4) is 11.1 Å². The molecule has 2 rings (SSSR count). The summed E-state index contributed by atoms with van der Waals surface area (Å²) < 4.78 is 0. The first-order valence-electron chi connectivity index (χ1n) is 6.33. The van der Waals surface area contributed by atoms with Gasteiger partial charge in [0.25, 0.3) is 0 Å². The maximum atomic E-state index is 11.3. The Kier molecular flexibility index (Phi) is 3.33. The Labute approximate surface area is 112 Å². The van der Waals surface area contributed by atoms with E-state index >= 15 is 0 Å². The molecule has 0 unspecified atom stereocenters. The lowest BCUT2D eigenvalue weighted by atomic mass is 9.86. The Bertz CT molecular complexity index is 663. The molecule has 0 bridgehead atoms. The molecule has 2 aromatic rings. The summed E-state index contributed by atoms with van der Waals surface area (Å²) in [5.74, 6) is 0. The third kappa shape index (κ3) is 2.61. The van der Waals surface area contributed by atoms with E-state index in [1.165, 1.54) is 6.07 Å². The van der Waals surface area contributed by atoms with E-state index in [0.717, 1.165) is 27.9 Å². The molecule has 100 valence electrons. The molecule has 0 saturated carbocycles. The van der Waals surface area contributed by atoms with E-state index in [-0.39, 0.29) is 5.56 Å². The van der Waals surface area contributed by atoms with Crippen molar-refractivity contribution in [3.05, 3.63) is 57.5 Å². The summed E-state index contributed by atoms with van der Waals surface area (Å²) in [4.78, 5) is 14.1. The van der Waals surface area contributed by atoms with Crippen molar-refractivity contribution < 1.29 is 5.11 Å². The number of H-pyrrole nitrogens is 1. The van der Waals surface area contributed by atoms with Gasteiger partial charge in [-0.05, 0) is 50.5 Å². The second-order valence-corrected chi connectivity index (χ2v) is 5.42. The predicted molar refractivity (Wildman–Crippen MR) is 77.2 cm³/mol. The van der Waals surface area contributed by atoms with E-state index in [1.807, 2.05) is 38.1 Å². The van der Waals surface area contributed by atoms with Crippen LogP contribution in [0.3, 0.4) is 0 Å². The molecule has 0 aliphatic heterocycles. The van der Waals surface area contributed by atoms with Gasteiger partial charge in [-0.1, -0.05) is 18.2 Å². The van der Waals surface area contributed by atoms with Crippen molar-refractivity contribution in [2.24, 2.45) is 0 Å². The minimum atomic E-state index is -0.927. The van der Waals surface area contributed by atoms with Gasteiger partial charge in [0, 0.05) is 17.3 Å². The Morgan fingerprint density at radius 1 is 1.11 bits per heavy atom. The number of aryl methyl sites for hydroxylation is 2. The molecule has 1 aromatic carbocycles. The van der Waals surface area contributed by atoms with Gasteiger partial charge in [0.2, 0.25) is 5.56 Å². The van der Waals surface area contributed by atoms with Gasteiger partial charge in [-0.15, -0.1) is 0 Å². The van der Waals surface area contributed by atoms with E-state index in [9.17, 15) is 9.90 Å². The van der Waals surface area contributed by atoms with Crippen LogP contribution in [-0.2, 0) is 5.60 Å². The monoisotopic (exact) mass is 257 g/mol. The molecule has 0 amide bonds. The van der Waals surface area contributed by atoms with Crippen LogP contribution >= 0.6 is 0 Å². The number of aromatic nitrogens is 1. The topological polar surface area (TPSA) is 53.1 Å². The Balaban J connectivity index is 2.78. The first kappa shape index (κ1) is 13.6. The van der Waals surface area contributed by atoms with Gasteiger partial charge in [-0.3, -0.25) is 4.79 Å². The second kappa shape index (κ2) is 4.67. The van der Waals surface area contributed by atoms with Crippen molar-refractivity contribution in [3.63, 3.8) is 0 Å². The zero-order chi connectivity index (χ0) is 14.2. The fraction of sp³-hybridized carbons (Fsp3) is 0.312.